The van der Waals surface area contributed by atoms with Crippen molar-refractivity contribution in [3.63, 3.8) is 0 Å². The van der Waals surface area contributed by atoms with Crippen LogP contribution in [-0.4, -0.2) is 28.7 Å². The maximum Gasteiger partial charge on any atom is 0.248 e. The topological polar surface area (TPSA) is 91.4 Å². The number of hydrogen-bond acceptors (Lipinski definition) is 5. The van der Waals surface area contributed by atoms with Crippen molar-refractivity contribution >= 4 is 17.5 Å². The molecule has 8 heteroatoms. The van der Waals surface area contributed by atoms with E-state index in [0.29, 0.717) is 36.9 Å². The predicted octanol–water partition coefficient (Wildman–Crippen LogP) is 5.95. The van der Waals surface area contributed by atoms with E-state index >= 15 is 0 Å². The Kier molecular flexibility index (Phi) is 8.49. The first-order valence-corrected chi connectivity index (χ1v) is 13.7. The van der Waals surface area contributed by atoms with Crippen LogP contribution in [0.1, 0.15) is 53.0 Å². The highest BCUT2D eigenvalue weighted by molar-refractivity contribution is 6.30. The molecule has 39 heavy (non-hydrogen) atoms. The molecule has 1 amide bonds. The minimum Gasteiger partial charge on any atom is -0.486 e. The molecule has 0 saturated carbocycles. The van der Waals surface area contributed by atoms with E-state index in [1.165, 1.54) is 0 Å². The Morgan fingerprint density at radius 2 is 1.85 bits per heavy atom. The Hall–Kier alpha value is -3.81. The molecule has 0 fully saturated rings. The Morgan fingerprint density at radius 3 is 2.62 bits per heavy atom. The quantitative estimate of drug-likeness (QED) is 0.243. The van der Waals surface area contributed by atoms with E-state index in [2.05, 4.69) is 35.0 Å². The van der Waals surface area contributed by atoms with Crippen molar-refractivity contribution in [3.05, 3.63) is 100 Å². The number of hydrogen-bond donors (Lipinski definition) is 2. The second-order valence-corrected chi connectivity index (χ2v) is 10.0. The fraction of sp³-hybridized carbons (Fsp3) is 0.290. The third kappa shape index (κ3) is 6.27. The molecular formula is C31H33ClN4O3. The van der Waals surface area contributed by atoms with Crippen molar-refractivity contribution in [2.24, 2.45) is 5.73 Å². The second-order valence-electron chi connectivity index (χ2n) is 9.65. The van der Waals surface area contributed by atoms with Gasteiger partial charge in [0.2, 0.25) is 5.91 Å². The van der Waals surface area contributed by atoms with Crippen molar-refractivity contribution in [1.29, 1.82) is 0 Å². The van der Waals surface area contributed by atoms with Crippen LogP contribution in [0.3, 0.4) is 0 Å². The Bertz CT molecular complexity index is 1440. The van der Waals surface area contributed by atoms with Crippen LogP contribution in [0.5, 0.6) is 11.5 Å². The number of carbonyl (C=O) groups excluding carboxylic acids is 1. The number of unbranched alkanes of at least 4 members (excludes halogenated alkanes) is 1. The molecule has 3 aromatic carbocycles. The molecule has 0 saturated heterocycles. The van der Waals surface area contributed by atoms with Gasteiger partial charge in [0.25, 0.3) is 0 Å². The fourth-order valence-electron chi connectivity index (χ4n) is 4.87. The van der Waals surface area contributed by atoms with Gasteiger partial charge in [-0.2, -0.15) is 0 Å². The van der Waals surface area contributed by atoms with E-state index in [0.717, 1.165) is 59.1 Å². The molecule has 0 bridgehead atoms. The summed E-state index contributed by atoms with van der Waals surface area (Å²) in [6.07, 6.45) is 2.68. The molecule has 0 aliphatic carbocycles. The number of carbonyl (C=O) groups is 1. The van der Waals surface area contributed by atoms with Crippen LogP contribution >= 0.6 is 11.6 Å². The van der Waals surface area contributed by atoms with E-state index in [9.17, 15) is 4.79 Å². The molecule has 3 N–H and O–H groups in total. The normalized spacial score (nSPS) is 13.3. The maximum atomic E-state index is 11.7. The summed E-state index contributed by atoms with van der Waals surface area (Å²) < 4.78 is 13.9. The highest BCUT2D eigenvalue weighted by atomic mass is 35.5. The fourth-order valence-corrected chi connectivity index (χ4v) is 5.13. The molecule has 5 rings (SSSR count). The van der Waals surface area contributed by atoms with E-state index in [1.54, 1.807) is 6.07 Å². The first-order chi connectivity index (χ1) is 19.0. The third-order valence-electron chi connectivity index (χ3n) is 6.92. The van der Waals surface area contributed by atoms with E-state index in [1.807, 2.05) is 48.5 Å². The maximum absolute atomic E-state index is 11.7. The zero-order valence-corrected chi connectivity index (χ0v) is 22.8. The van der Waals surface area contributed by atoms with Gasteiger partial charge in [0, 0.05) is 36.7 Å². The van der Waals surface area contributed by atoms with Crippen molar-refractivity contribution < 1.29 is 14.3 Å². The molecule has 1 aromatic heterocycles. The summed E-state index contributed by atoms with van der Waals surface area (Å²) in [5.41, 5.74) is 10.0. The number of imidazole rings is 1. The molecule has 1 aliphatic heterocycles. The molecule has 0 radical (unpaired) electrons. The van der Waals surface area contributed by atoms with E-state index in [-0.39, 0.29) is 6.04 Å². The van der Waals surface area contributed by atoms with Gasteiger partial charge in [0.1, 0.15) is 19.0 Å². The summed E-state index contributed by atoms with van der Waals surface area (Å²) in [4.78, 5) is 16.5. The molecular weight excluding hydrogens is 512 g/mol. The van der Waals surface area contributed by atoms with Gasteiger partial charge in [-0.1, -0.05) is 73.5 Å². The molecule has 1 atom stereocenters. The number of benzene rings is 3. The van der Waals surface area contributed by atoms with E-state index < -0.39 is 5.91 Å². The second kappa shape index (κ2) is 12.4. The minimum absolute atomic E-state index is 0.115. The van der Waals surface area contributed by atoms with Crippen LogP contribution in [0.4, 0.5) is 0 Å². The molecule has 4 aromatic rings. The highest BCUT2D eigenvalue weighted by Gasteiger charge is 2.23. The first kappa shape index (κ1) is 26.8. The number of halogens is 1. The van der Waals surface area contributed by atoms with Crippen LogP contribution in [0.15, 0.2) is 72.8 Å². The van der Waals surface area contributed by atoms with Crippen LogP contribution in [0, 0.1) is 0 Å². The lowest BCUT2D eigenvalue weighted by molar-refractivity contribution is 0.1000. The molecule has 1 aliphatic rings. The summed E-state index contributed by atoms with van der Waals surface area (Å²) in [5.74, 6) is 1.91. The van der Waals surface area contributed by atoms with Crippen LogP contribution < -0.4 is 20.5 Å². The van der Waals surface area contributed by atoms with Crippen molar-refractivity contribution in [3.8, 4) is 22.9 Å². The summed E-state index contributed by atoms with van der Waals surface area (Å²) in [6, 6.07) is 23.5. The molecule has 1 unspecified atom stereocenters. The number of fused-ring (bicyclic) bond motifs is 1. The third-order valence-corrected chi connectivity index (χ3v) is 7.22. The molecule has 202 valence electrons. The molecule has 2 heterocycles. The average Bonchev–Trinajstić information content (AvgIpc) is 3.28. The average molecular weight is 545 g/mol. The van der Waals surface area contributed by atoms with Gasteiger partial charge in [-0.05, 0) is 41.8 Å². The SMILES string of the molecule is CCCCn1c(-c2ccccc2)nc(Cl)c1CC(NCc1cccc(C(N)=O)c1)c1ccc2c(c1)OCCO2. The van der Waals surface area contributed by atoms with Gasteiger partial charge in [-0.3, -0.25) is 4.79 Å². The standard InChI is InChI=1S/C31H33ClN4O3/c1-2-3-14-36-26(29(32)35-31(36)22-9-5-4-6-10-22)19-25(23-12-13-27-28(18-23)39-16-15-38-27)34-20-21-8-7-11-24(17-21)30(33)37/h4-13,17-18,25,34H,2-3,14-16,19-20H2,1H3,(H2,33,37). The summed E-state index contributed by atoms with van der Waals surface area (Å²) in [7, 11) is 0. The summed E-state index contributed by atoms with van der Waals surface area (Å²) in [5, 5.41) is 4.19. The van der Waals surface area contributed by atoms with Crippen molar-refractivity contribution in [1.82, 2.24) is 14.9 Å². The Labute approximate surface area is 233 Å². The lowest BCUT2D eigenvalue weighted by Gasteiger charge is -2.24. The molecule has 7 nitrogen and oxygen atoms in total. The molecule has 0 spiro atoms. The minimum atomic E-state index is -0.444. The number of nitrogens with one attached hydrogen (secondary N) is 1. The summed E-state index contributed by atoms with van der Waals surface area (Å²) in [6.45, 7) is 4.60. The summed E-state index contributed by atoms with van der Waals surface area (Å²) >= 11 is 6.84. The first-order valence-electron chi connectivity index (χ1n) is 13.4. The highest BCUT2D eigenvalue weighted by Crippen LogP contribution is 2.35. The number of nitrogens with two attached hydrogens (primary N) is 1. The van der Waals surface area contributed by atoms with Gasteiger partial charge in [-0.25, -0.2) is 4.98 Å². The number of nitrogens with zero attached hydrogens (tertiary/aromatic N) is 2. The van der Waals surface area contributed by atoms with Gasteiger partial charge >= 0.3 is 0 Å². The monoisotopic (exact) mass is 544 g/mol. The number of aromatic nitrogens is 2. The van der Waals surface area contributed by atoms with Gasteiger partial charge < -0.3 is 25.1 Å². The zero-order chi connectivity index (χ0) is 27.2. The lowest BCUT2D eigenvalue weighted by Crippen LogP contribution is -2.25. The lowest BCUT2D eigenvalue weighted by atomic mass is 10.00. The van der Waals surface area contributed by atoms with Crippen molar-refractivity contribution in [2.45, 2.75) is 45.3 Å². The van der Waals surface area contributed by atoms with Crippen molar-refractivity contribution in [2.75, 3.05) is 13.2 Å². The van der Waals surface area contributed by atoms with Gasteiger partial charge in [0.15, 0.2) is 16.7 Å². The Balaban J connectivity index is 1.50. The van der Waals surface area contributed by atoms with E-state index in [4.69, 9.17) is 31.8 Å². The van der Waals surface area contributed by atoms with Crippen LogP contribution in [0.2, 0.25) is 5.15 Å². The Morgan fingerprint density at radius 1 is 1.05 bits per heavy atom. The van der Waals surface area contributed by atoms with Crippen LogP contribution in [0.25, 0.3) is 11.4 Å². The van der Waals surface area contributed by atoms with Gasteiger partial charge in [0.05, 0.1) is 5.69 Å². The smallest absolute Gasteiger partial charge is 0.248 e. The number of primary amides is 1. The predicted molar refractivity (Wildman–Crippen MR) is 153 cm³/mol. The number of ether oxygens (including phenoxy) is 2. The zero-order valence-electron chi connectivity index (χ0n) is 22.0. The van der Waals surface area contributed by atoms with Gasteiger partial charge in [-0.15, -0.1) is 0 Å². The number of rotatable bonds is 11. The number of amides is 1. The van der Waals surface area contributed by atoms with Crippen LogP contribution in [-0.2, 0) is 19.5 Å². The largest absolute Gasteiger partial charge is 0.486 e.